The molecule has 1 heterocycles. The van der Waals surface area contributed by atoms with Crippen LogP contribution in [0.25, 0.3) is 6.08 Å². The first-order valence-corrected chi connectivity index (χ1v) is 7.82. The van der Waals surface area contributed by atoms with Crippen LogP contribution in [0.2, 0.25) is 0 Å². The molecule has 2 amide bonds. The third-order valence-corrected chi connectivity index (χ3v) is 3.69. The molecule has 130 valence electrons. The second kappa shape index (κ2) is 7.48. The summed E-state index contributed by atoms with van der Waals surface area (Å²) in [7, 11) is 0. The van der Waals surface area contributed by atoms with Gasteiger partial charge in [0, 0.05) is 18.2 Å². The molecule has 1 N–H and O–H groups in total. The van der Waals surface area contributed by atoms with E-state index in [2.05, 4.69) is 0 Å². The topological polar surface area (TPSA) is 83.9 Å². The van der Waals surface area contributed by atoms with Gasteiger partial charge in [-0.05, 0) is 41.5 Å². The van der Waals surface area contributed by atoms with Crippen LogP contribution < -0.4 is 4.90 Å². The van der Waals surface area contributed by atoms with E-state index in [-0.39, 0.29) is 24.2 Å². The highest BCUT2D eigenvalue weighted by Crippen LogP contribution is 2.19. The average molecular weight is 349 g/mol. The third-order valence-electron chi connectivity index (χ3n) is 3.69. The summed E-state index contributed by atoms with van der Waals surface area (Å²) in [4.78, 5) is 36.1. The molecule has 2 aromatic rings. The molecule has 0 spiro atoms. The zero-order valence-electron chi connectivity index (χ0n) is 13.7. The lowest BCUT2D eigenvalue weighted by atomic mass is 10.2. The molecule has 0 aromatic heterocycles. The number of aromatic hydroxyl groups is 1. The number of amides is 2. The average Bonchev–Trinajstić information content (AvgIpc) is 2.98. The number of carbonyl (C=O) groups excluding carboxylic acids is 3. The lowest BCUT2D eigenvalue weighted by Crippen LogP contribution is -2.29. The van der Waals surface area contributed by atoms with Crippen molar-refractivity contribution in [3.8, 4) is 5.75 Å². The van der Waals surface area contributed by atoms with Gasteiger partial charge in [-0.2, -0.15) is 0 Å². The van der Waals surface area contributed by atoms with Crippen LogP contribution in [-0.2, 0) is 25.7 Å². The maximum atomic E-state index is 11.8. The quantitative estimate of drug-likeness (QED) is 0.509. The Balaban J connectivity index is 1.54. The Hall–Kier alpha value is -3.67. The Bertz CT molecular complexity index is 877. The van der Waals surface area contributed by atoms with Gasteiger partial charge in [0.2, 0.25) is 0 Å². The number of anilines is 1. The van der Waals surface area contributed by atoms with Crippen LogP contribution in [0, 0.1) is 0 Å². The maximum Gasteiger partial charge on any atom is 0.331 e. The number of esters is 1. The van der Waals surface area contributed by atoms with Crippen molar-refractivity contribution in [2.24, 2.45) is 0 Å². The van der Waals surface area contributed by atoms with Gasteiger partial charge >= 0.3 is 5.97 Å². The SMILES string of the molecule is O=C(/C=C/c1ccc(O)cc1)OCc1ccc(N2C(=O)C=CC2=O)cc1. The number of rotatable bonds is 5. The van der Waals surface area contributed by atoms with Gasteiger partial charge < -0.3 is 9.84 Å². The molecule has 0 saturated carbocycles. The van der Waals surface area contributed by atoms with Gasteiger partial charge in [-0.1, -0.05) is 24.3 Å². The van der Waals surface area contributed by atoms with E-state index in [0.717, 1.165) is 16.0 Å². The largest absolute Gasteiger partial charge is 0.508 e. The summed E-state index contributed by atoms with van der Waals surface area (Å²) >= 11 is 0. The van der Waals surface area contributed by atoms with E-state index in [1.54, 1.807) is 42.5 Å². The lowest BCUT2D eigenvalue weighted by Gasteiger charge is -2.14. The van der Waals surface area contributed by atoms with Crippen LogP contribution in [0.3, 0.4) is 0 Å². The fourth-order valence-electron chi connectivity index (χ4n) is 2.35. The van der Waals surface area contributed by atoms with E-state index in [4.69, 9.17) is 4.74 Å². The molecule has 0 aliphatic carbocycles. The highest BCUT2D eigenvalue weighted by molar-refractivity contribution is 6.28. The van der Waals surface area contributed by atoms with E-state index in [1.807, 2.05) is 0 Å². The van der Waals surface area contributed by atoms with E-state index < -0.39 is 5.97 Å². The molecule has 0 atom stereocenters. The number of hydrogen-bond acceptors (Lipinski definition) is 5. The highest BCUT2D eigenvalue weighted by atomic mass is 16.5. The van der Waals surface area contributed by atoms with E-state index in [1.165, 1.54) is 30.4 Å². The van der Waals surface area contributed by atoms with E-state index >= 15 is 0 Å². The molecule has 2 aromatic carbocycles. The van der Waals surface area contributed by atoms with Crippen molar-refractivity contribution in [3.05, 3.63) is 77.9 Å². The van der Waals surface area contributed by atoms with E-state index in [9.17, 15) is 19.5 Å². The minimum atomic E-state index is -0.503. The molecule has 0 saturated heterocycles. The fourth-order valence-corrected chi connectivity index (χ4v) is 2.35. The van der Waals surface area contributed by atoms with Crippen molar-refractivity contribution in [2.75, 3.05) is 4.90 Å². The van der Waals surface area contributed by atoms with E-state index in [0.29, 0.717) is 5.69 Å². The third kappa shape index (κ3) is 4.05. The zero-order chi connectivity index (χ0) is 18.5. The summed E-state index contributed by atoms with van der Waals surface area (Å²) < 4.78 is 5.15. The Morgan fingerprint density at radius 1 is 0.962 bits per heavy atom. The van der Waals surface area contributed by atoms with Gasteiger partial charge in [0.25, 0.3) is 11.8 Å². The Labute approximate surface area is 149 Å². The van der Waals surface area contributed by atoms with Crippen molar-refractivity contribution in [2.45, 2.75) is 6.61 Å². The Morgan fingerprint density at radius 3 is 2.19 bits per heavy atom. The van der Waals surface area contributed by atoms with Gasteiger partial charge in [-0.3, -0.25) is 9.59 Å². The summed E-state index contributed by atoms with van der Waals surface area (Å²) in [6.45, 7) is 0.0686. The number of carbonyl (C=O) groups is 3. The number of benzene rings is 2. The molecule has 1 aliphatic rings. The zero-order valence-corrected chi connectivity index (χ0v) is 13.7. The number of nitrogens with zero attached hydrogens (tertiary/aromatic N) is 1. The first kappa shape index (κ1) is 17.2. The first-order chi connectivity index (χ1) is 12.5. The maximum absolute atomic E-state index is 11.8. The van der Waals surface area contributed by atoms with Crippen molar-refractivity contribution in [1.29, 1.82) is 0 Å². The van der Waals surface area contributed by atoms with Gasteiger partial charge in [-0.15, -0.1) is 0 Å². The molecule has 0 radical (unpaired) electrons. The van der Waals surface area contributed by atoms with Crippen LogP contribution in [-0.4, -0.2) is 22.9 Å². The molecule has 6 nitrogen and oxygen atoms in total. The summed E-state index contributed by atoms with van der Waals surface area (Å²) in [5, 5.41) is 9.20. The van der Waals surface area contributed by atoms with Crippen molar-refractivity contribution < 1.29 is 24.2 Å². The Morgan fingerprint density at radius 2 is 1.58 bits per heavy atom. The number of hydrogen-bond donors (Lipinski definition) is 1. The summed E-state index contributed by atoms with van der Waals surface area (Å²) in [5.41, 5.74) is 1.96. The smallest absolute Gasteiger partial charge is 0.331 e. The molecule has 3 rings (SSSR count). The van der Waals surface area contributed by atoms with Crippen LogP contribution >= 0.6 is 0 Å². The minimum absolute atomic E-state index is 0.0686. The predicted octanol–water partition coefficient (Wildman–Crippen LogP) is 2.58. The number of phenols is 1. The summed E-state index contributed by atoms with van der Waals surface area (Å²) in [5.74, 6) is -1.11. The molecule has 6 heteroatoms. The van der Waals surface area contributed by atoms with Crippen LogP contribution in [0.1, 0.15) is 11.1 Å². The molecule has 1 aliphatic heterocycles. The molecule has 0 fully saturated rings. The van der Waals surface area contributed by atoms with Gasteiger partial charge in [-0.25, -0.2) is 9.69 Å². The first-order valence-electron chi connectivity index (χ1n) is 7.82. The van der Waals surface area contributed by atoms with Gasteiger partial charge in [0.05, 0.1) is 5.69 Å². The number of ether oxygens (including phenoxy) is 1. The predicted molar refractivity (Wildman–Crippen MR) is 95.0 cm³/mol. The molecular weight excluding hydrogens is 334 g/mol. The second-order valence-corrected chi connectivity index (χ2v) is 5.54. The minimum Gasteiger partial charge on any atom is -0.508 e. The van der Waals surface area contributed by atoms with Crippen molar-refractivity contribution >= 4 is 29.5 Å². The molecular formula is C20H15NO5. The summed E-state index contributed by atoms with van der Waals surface area (Å²) in [6, 6.07) is 13.0. The summed E-state index contributed by atoms with van der Waals surface area (Å²) in [6.07, 6.45) is 5.33. The monoisotopic (exact) mass is 349 g/mol. The number of phenolic OH excluding ortho intramolecular Hbond substituents is 1. The fraction of sp³-hybridized carbons (Fsp3) is 0.0500. The van der Waals surface area contributed by atoms with Crippen LogP contribution in [0.5, 0.6) is 5.75 Å². The lowest BCUT2D eigenvalue weighted by molar-refractivity contribution is -0.138. The van der Waals surface area contributed by atoms with Crippen LogP contribution in [0.15, 0.2) is 66.8 Å². The standard InChI is InChI=1S/C20H15NO5/c22-17-8-3-14(4-9-17)5-12-20(25)26-13-15-1-6-16(7-2-15)21-18(23)10-11-19(21)24/h1-12,22H,13H2/b12-5+. The molecule has 0 bridgehead atoms. The second-order valence-electron chi connectivity index (χ2n) is 5.54. The van der Waals surface area contributed by atoms with Crippen LogP contribution in [0.4, 0.5) is 5.69 Å². The molecule has 26 heavy (non-hydrogen) atoms. The van der Waals surface area contributed by atoms with Crippen molar-refractivity contribution in [3.63, 3.8) is 0 Å². The molecule has 0 unspecified atom stereocenters. The number of imide groups is 1. The normalized spacial score (nSPS) is 13.6. The van der Waals surface area contributed by atoms with Gasteiger partial charge in [0.1, 0.15) is 12.4 Å². The highest BCUT2D eigenvalue weighted by Gasteiger charge is 2.24. The Kier molecular flexibility index (Phi) is 4.94. The van der Waals surface area contributed by atoms with Crippen molar-refractivity contribution in [1.82, 2.24) is 0 Å². The van der Waals surface area contributed by atoms with Gasteiger partial charge in [0.15, 0.2) is 0 Å².